The van der Waals surface area contributed by atoms with Crippen molar-refractivity contribution in [3.05, 3.63) is 29.3 Å². The van der Waals surface area contributed by atoms with Gasteiger partial charge in [-0.1, -0.05) is 6.92 Å². The minimum atomic E-state index is -1.33. The molecule has 0 atom stereocenters. The molecular formula is C18H23NO7. The quantitative estimate of drug-likeness (QED) is 0.563. The maximum atomic E-state index is 12.4. The van der Waals surface area contributed by atoms with Crippen LogP contribution in [0.1, 0.15) is 42.1 Å². The van der Waals surface area contributed by atoms with E-state index in [1.54, 1.807) is 25.1 Å². The summed E-state index contributed by atoms with van der Waals surface area (Å²) >= 11 is 0. The molecule has 0 unspecified atom stereocenters. The number of carboxylic acids is 1. The Morgan fingerprint density at radius 3 is 2.35 bits per heavy atom. The van der Waals surface area contributed by atoms with Gasteiger partial charge in [-0.25, -0.2) is 4.79 Å². The van der Waals surface area contributed by atoms with E-state index in [1.165, 1.54) is 12.0 Å². The van der Waals surface area contributed by atoms with Gasteiger partial charge in [0.15, 0.2) is 12.6 Å². The molecule has 0 aliphatic carbocycles. The number of carboxylic acid groups (broad SMARTS) is 2. The third kappa shape index (κ3) is 3.80. The second kappa shape index (κ2) is 8.18. The second-order valence-electron chi connectivity index (χ2n) is 6.19. The summed E-state index contributed by atoms with van der Waals surface area (Å²) in [7, 11) is 1.47. The summed E-state index contributed by atoms with van der Waals surface area (Å²) in [5.74, 6) is -0.841. The normalized spacial score (nSPS) is 16.2. The number of Topliss-reactive ketones (excluding diaryl/α,β-unsaturated/α-hetero) is 1. The van der Waals surface area contributed by atoms with Gasteiger partial charge < -0.3 is 24.6 Å². The van der Waals surface area contributed by atoms with Gasteiger partial charge in [0.2, 0.25) is 0 Å². The molecular weight excluding hydrogens is 342 g/mol. The molecule has 1 saturated heterocycles. The van der Waals surface area contributed by atoms with Crippen molar-refractivity contribution in [1.82, 2.24) is 4.90 Å². The fourth-order valence-electron chi connectivity index (χ4n) is 3.25. The molecule has 2 rings (SSSR count). The Bertz CT molecular complexity index is 693. The zero-order valence-electron chi connectivity index (χ0n) is 14.9. The summed E-state index contributed by atoms with van der Waals surface area (Å²) in [6.45, 7) is 1.88. The van der Waals surface area contributed by atoms with Crippen molar-refractivity contribution in [2.45, 2.75) is 31.6 Å². The lowest BCUT2D eigenvalue weighted by Crippen LogP contribution is -2.49. The Kier molecular flexibility index (Phi) is 6.20. The summed E-state index contributed by atoms with van der Waals surface area (Å²) in [5.41, 5.74) is -0.627. The predicted molar refractivity (Wildman–Crippen MR) is 91.7 cm³/mol. The van der Waals surface area contributed by atoms with Crippen LogP contribution in [0.3, 0.4) is 0 Å². The third-order valence-corrected chi connectivity index (χ3v) is 4.77. The monoisotopic (exact) mass is 365 g/mol. The number of benzene rings is 1. The van der Waals surface area contributed by atoms with Gasteiger partial charge in [0, 0.05) is 32.2 Å². The highest BCUT2D eigenvalue weighted by Crippen LogP contribution is 2.40. The van der Waals surface area contributed by atoms with Gasteiger partial charge in [-0.2, -0.15) is 0 Å². The number of aliphatic carboxylic acids is 1. The minimum Gasteiger partial charge on any atom is -0.481 e. The summed E-state index contributed by atoms with van der Waals surface area (Å²) in [6.07, 6.45) is -0.660. The smallest absolute Gasteiger partial charge is 0.407 e. The van der Waals surface area contributed by atoms with Crippen LogP contribution in [-0.2, 0) is 14.9 Å². The number of hydrogen-bond acceptors (Lipinski definition) is 5. The molecule has 1 amide bonds. The van der Waals surface area contributed by atoms with Crippen LogP contribution in [0.25, 0.3) is 0 Å². The van der Waals surface area contributed by atoms with Crippen LogP contribution in [0, 0.1) is 0 Å². The Morgan fingerprint density at radius 1 is 1.19 bits per heavy atom. The van der Waals surface area contributed by atoms with Crippen LogP contribution in [-0.4, -0.2) is 60.0 Å². The van der Waals surface area contributed by atoms with E-state index in [4.69, 9.17) is 14.6 Å². The average Bonchev–Trinajstić information content (AvgIpc) is 2.65. The van der Waals surface area contributed by atoms with Crippen molar-refractivity contribution in [2.75, 3.05) is 27.0 Å². The molecule has 0 aromatic heterocycles. The first-order valence-corrected chi connectivity index (χ1v) is 8.36. The lowest BCUT2D eigenvalue weighted by Gasteiger charge is -2.39. The maximum Gasteiger partial charge on any atom is 0.407 e. The first kappa shape index (κ1) is 19.7. The van der Waals surface area contributed by atoms with E-state index in [-0.39, 0.29) is 44.9 Å². The van der Waals surface area contributed by atoms with Gasteiger partial charge in [-0.15, -0.1) is 0 Å². The Morgan fingerprint density at radius 2 is 1.85 bits per heavy atom. The van der Waals surface area contributed by atoms with Crippen LogP contribution in [0.2, 0.25) is 0 Å². The van der Waals surface area contributed by atoms with Crippen LogP contribution in [0.4, 0.5) is 4.79 Å². The van der Waals surface area contributed by atoms with E-state index in [0.29, 0.717) is 16.9 Å². The van der Waals surface area contributed by atoms with Crippen LogP contribution in [0.5, 0.6) is 5.75 Å². The molecule has 2 N–H and O–H groups in total. The van der Waals surface area contributed by atoms with Crippen molar-refractivity contribution >= 4 is 17.8 Å². The molecule has 1 heterocycles. The SMILES string of the molecule is CCC(=O)c1ccc(OCOC)cc1C1(C(=O)O)CCN(C(=O)O)CC1. The van der Waals surface area contributed by atoms with Crippen molar-refractivity contribution in [2.24, 2.45) is 0 Å². The average molecular weight is 365 g/mol. The lowest BCUT2D eigenvalue weighted by molar-refractivity contribution is -0.145. The number of ether oxygens (including phenoxy) is 2. The molecule has 8 nitrogen and oxygen atoms in total. The highest BCUT2D eigenvalue weighted by atomic mass is 16.7. The van der Waals surface area contributed by atoms with E-state index in [9.17, 15) is 19.5 Å². The molecule has 1 aromatic rings. The fraction of sp³-hybridized carbons (Fsp3) is 0.500. The highest BCUT2D eigenvalue weighted by molar-refractivity contribution is 6.00. The van der Waals surface area contributed by atoms with E-state index in [2.05, 4.69) is 0 Å². The van der Waals surface area contributed by atoms with Crippen molar-refractivity contribution < 1.29 is 34.1 Å². The predicted octanol–water partition coefficient (Wildman–Crippen LogP) is 2.36. The van der Waals surface area contributed by atoms with E-state index in [0.717, 1.165) is 0 Å². The van der Waals surface area contributed by atoms with Crippen LogP contribution in [0.15, 0.2) is 18.2 Å². The summed E-state index contributed by atoms with van der Waals surface area (Å²) in [6, 6.07) is 4.74. The van der Waals surface area contributed by atoms with Crippen LogP contribution < -0.4 is 4.74 Å². The summed E-state index contributed by atoms with van der Waals surface area (Å²) in [5, 5.41) is 19.1. The number of nitrogens with zero attached hydrogens (tertiary/aromatic N) is 1. The number of methoxy groups -OCH3 is 1. The third-order valence-electron chi connectivity index (χ3n) is 4.77. The molecule has 0 radical (unpaired) electrons. The lowest BCUT2D eigenvalue weighted by atomic mass is 9.70. The Balaban J connectivity index is 2.50. The molecule has 0 bridgehead atoms. The molecule has 0 spiro atoms. The Hall–Kier alpha value is -2.61. The molecule has 1 aromatic carbocycles. The number of amides is 1. The zero-order valence-corrected chi connectivity index (χ0v) is 14.9. The van der Waals surface area contributed by atoms with Crippen molar-refractivity contribution in [3.8, 4) is 5.75 Å². The number of piperidine rings is 1. The van der Waals surface area contributed by atoms with E-state index >= 15 is 0 Å². The largest absolute Gasteiger partial charge is 0.481 e. The topological polar surface area (TPSA) is 113 Å². The number of hydrogen-bond donors (Lipinski definition) is 2. The molecule has 142 valence electrons. The molecule has 26 heavy (non-hydrogen) atoms. The number of ketones is 1. The van der Waals surface area contributed by atoms with E-state index in [1.807, 2.05) is 0 Å². The van der Waals surface area contributed by atoms with Crippen LogP contribution >= 0.6 is 0 Å². The van der Waals surface area contributed by atoms with E-state index < -0.39 is 17.5 Å². The minimum absolute atomic E-state index is 0.00657. The second-order valence-corrected chi connectivity index (χ2v) is 6.19. The summed E-state index contributed by atoms with van der Waals surface area (Å²) < 4.78 is 10.3. The first-order chi connectivity index (χ1) is 12.4. The number of likely N-dealkylation sites (tertiary alicyclic amines) is 1. The molecule has 1 aliphatic rings. The van der Waals surface area contributed by atoms with Crippen molar-refractivity contribution in [3.63, 3.8) is 0 Å². The summed E-state index contributed by atoms with van der Waals surface area (Å²) in [4.78, 5) is 36.9. The van der Waals surface area contributed by atoms with Gasteiger partial charge in [0.05, 0.1) is 5.41 Å². The van der Waals surface area contributed by atoms with Gasteiger partial charge in [-0.3, -0.25) is 9.59 Å². The Labute approximate surface area is 151 Å². The molecule has 1 fully saturated rings. The number of rotatable bonds is 7. The maximum absolute atomic E-state index is 12.4. The highest BCUT2D eigenvalue weighted by Gasteiger charge is 2.46. The zero-order chi connectivity index (χ0) is 19.3. The molecule has 8 heteroatoms. The molecule has 0 saturated carbocycles. The van der Waals surface area contributed by atoms with Gasteiger partial charge in [0.25, 0.3) is 0 Å². The molecule has 1 aliphatic heterocycles. The first-order valence-electron chi connectivity index (χ1n) is 8.36. The number of carbonyl (C=O) groups excluding carboxylic acids is 1. The van der Waals surface area contributed by atoms with Crippen molar-refractivity contribution in [1.29, 1.82) is 0 Å². The number of carbonyl (C=O) groups is 3. The van der Waals surface area contributed by atoms with Gasteiger partial charge in [0.1, 0.15) is 5.75 Å². The standard InChI is InChI=1S/C18H23NO7/c1-3-15(20)13-5-4-12(26-11-25-2)10-14(13)18(16(21)22)6-8-19(9-7-18)17(23)24/h4-5,10H,3,6-9,11H2,1-2H3,(H,21,22)(H,23,24). The fourth-order valence-corrected chi connectivity index (χ4v) is 3.25. The van der Waals surface area contributed by atoms with Gasteiger partial charge >= 0.3 is 12.1 Å². The van der Waals surface area contributed by atoms with Gasteiger partial charge in [-0.05, 0) is 36.6 Å².